The van der Waals surface area contributed by atoms with Crippen LogP contribution in [0.25, 0.3) is 0 Å². The van der Waals surface area contributed by atoms with Gasteiger partial charge in [-0.2, -0.15) is 17.5 Å². The van der Waals surface area contributed by atoms with Gasteiger partial charge in [-0.3, -0.25) is 0 Å². The van der Waals surface area contributed by atoms with Crippen molar-refractivity contribution in [3.05, 3.63) is 29.8 Å². The van der Waals surface area contributed by atoms with Crippen molar-refractivity contribution in [1.29, 1.82) is 0 Å². The molecule has 1 aliphatic rings. The molecule has 0 aromatic heterocycles. The first-order valence-electron chi connectivity index (χ1n) is 7.66. The van der Waals surface area contributed by atoms with Crippen molar-refractivity contribution < 1.29 is 21.6 Å². The summed E-state index contributed by atoms with van der Waals surface area (Å²) in [5.41, 5.74) is -0.944. The second-order valence-corrected chi connectivity index (χ2v) is 7.51. The van der Waals surface area contributed by atoms with Gasteiger partial charge in [-0.25, -0.2) is 8.42 Å². The van der Waals surface area contributed by atoms with Gasteiger partial charge in [-0.15, -0.1) is 0 Å². The molecule has 1 N–H and O–H groups in total. The van der Waals surface area contributed by atoms with E-state index in [4.69, 9.17) is 0 Å². The van der Waals surface area contributed by atoms with Gasteiger partial charge in [0.1, 0.15) is 0 Å². The molecule has 8 heteroatoms. The topological polar surface area (TPSA) is 49.4 Å². The van der Waals surface area contributed by atoms with E-state index in [-0.39, 0.29) is 10.9 Å². The highest BCUT2D eigenvalue weighted by Crippen LogP contribution is 2.32. The van der Waals surface area contributed by atoms with Crippen LogP contribution in [0.3, 0.4) is 0 Å². The Balaban J connectivity index is 2.37. The first-order chi connectivity index (χ1) is 10.8. The van der Waals surface area contributed by atoms with Crippen molar-refractivity contribution in [1.82, 2.24) is 9.62 Å². The quantitative estimate of drug-likeness (QED) is 0.888. The zero-order chi connectivity index (χ0) is 17.1. The van der Waals surface area contributed by atoms with E-state index in [1.165, 1.54) is 10.4 Å². The van der Waals surface area contributed by atoms with Gasteiger partial charge >= 0.3 is 6.18 Å². The summed E-state index contributed by atoms with van der Waals surface area (Å²) in [6.45, 7) is 3.59. The number of nitrogens with zero attached hydrogens (tertiary/aromatic N) is 1. The van der Waals surface area contributed by atoms with Crippen LogP contribution < -0.4 is 5.32 Å². The number of hydrogen-bond acceptors (Lipinski definition) is 3. The molecule has 0 amide bonds. The predicted octanol–water partition coefficient (Wildman–Crippen LogP) is 2.86. The van der Waals surface area contributed by atoms with Crippen molar-refractivity contribution in [2.75, 3.05) is 19.6 Å². The summed E-state index contributed by atoms with van der Waals surface area (Å²) in [4.78, 5) is -0.292. The first-order valence-corrected chi connectivity index (χ1v) is 9.10. The number of sulfonamides is 1. The van der Waals surface area contributed by atoms with E-state index in [2.05, 4.69) is 5.32 Å². The highest BCUT2D eigenvalue weighted by atomic mass is 32.2. The van der Waals surface area contributed by atoms with Crippen molar-refractivity contribution in [3.8, 4) is 0 Å². The van der Waals surface area contributed by atoms with E-state index >= 15 is 0 Å². The zero-order valence-corrected chi connectivity index (χ0v) is 13.8. The number of piperidine rings is 1. The molecule has 1 heterocycles. The average Bonchev–Trinajstić information content (AvgIpc) is 2.52. The highest BCUT2D eigenvalue weighted by Gasteiger charge is 2.35. The van der Waals surface area contributed by atoms with Crippen molar-refractivity contribution in [2.24, 2.45) is 0 Å². The van der Waals surface area contributed by atoms with E-state index in [0.29, 0.717) is 38.9 Å². The Morgan fingerprint density at radius 3 is 2.48 bits per heavy atom. The lowest BCUT2D eigenvalue weighted by Crippen LogP contribution is -2.46. The minimum atomic E-state index is -4.56. The summed E-state index contributed by atoms with van der Waals surface area (Å²) in [6.07, 6.45) is -2.62. The standard InChI is InChI=1S/C15H21F3N2O2S/c1-2-10-20(13-6-8-19-9-7-13)23(21,22)14-5-3-4-12(11-14)15(16,17)18/h3-5,11,13,19H,2,6-10H2,1H3. The summed E-state index contributed by atoms with van der Waals surface area (Å²) in [5, 5.41) is 3.16. The molecule has 1 saturated heterocycles. The Hall–Kier alpha value is -1.12. The van der Waals surface area contributed by atoms with Crippen molar-refractivity contribution in [3.63, 3.8) is 0 Å². The van der Waals surface area contributed by atoms with Gasteiger partial charge in [0.15, 0.2) is 0 Å². The largest absolute Gasteiger partial charge is 0.416 e. The maximum absolute atomic E-state index is 12.8. The lowest BCUT2D eigenvalue weighted by Gasteiger charge is -2.33. The summed E-state index contributed by atoms with van der Waals surface area (Å²) in [7, 11) is -3.94. The van der Waals surface area contributed by atoms with Gasteiger partial charge in [0.05, 0.1) is 10.5 Å². The smallest absolute Gasteiger partial charge is 0.317 e. The number of alkyl halides is 3. The highest BCUT2D eigenvalue weighted by molar-refractivity contribution is 7.89. The molecule has 2 rings (SSSR count). The first kappa shape index (κ1) is 18.2. The number of halogens is 3. The lowest BCUT2D eigenvalue weighted by atomic mass is 10.1. The Bertz CT molecular complexity index is 626. The Labute approximate surface area is 134 Å². The van der Waals surface area contributed by atoms with Crippen LogP contribution in [0.4, 0.5) is 13.2 Å². The van der Waals surface area contributed by atoms with Crippen LogP contribution in [0.15, 0.2) is 29.2 Å². The number of nitrogens with one attached hydrogen (secondary N) is 1. The summed E-state index contributed by atoms with van der Waals surface area (Å²) in [6, 6.07) is 3.80. The molecule has 1 aliphatic heterocycles. The second-order valence-electron chi connectivity index (χ2n) is 5.62. The third-order valence-corrected chi connectivity index (χ3v) is 5.88. The van der Waals surface area contributed by atoms with Crippen LogP contribution in [-0.4, -0.2) is 38.4 Å². The molecule has 4 nitrogen and oxygen atoms in total. The molecule has 1 aromatic rings. The van der Waals surface area contributed by atoms with Crippen LogP contribution in [-0.2, 0) is 16.2 Å². The Morgan fingerprint density at radius 1 is 1.26 bits per heavy atom. The van der Waals surface area contributed by atoms with Crippen LogP contribution in [0.2, 0.25) is 0 Å². The average molecular weight is 350 g/mol. The van der Waals surface area contributed by atoms with E-state index in [1.54, 1.807) is 0 Å². The fourth-order valence-electron chi connectivity index (χ4n) is 2.78. The Morgan fingerprint density at radius 2 is 1.91 bits per heavy atom. The van der Waals surface area contributed by atoms with E-state index in [1.807, 2.05) is 6.92 Å². The molecule has 23 heavy (non-hydrogen) atoms. The molecule has 0 bridgehead atoms. The summed E-state index contributed by atoms with van der Waals surface area (Å²) < 4.78 is 65.6. The van der Waals surface area contributed by atoms with Crippen molar-refractivity contribution in [2.45, 2.75) is 43.3 Å². The third kappa shape index (κ3) is 4.24. The monoisotopic (exact) mass is 350 g/mol. The lowest BCUT2D eigenvalue weighted by molar-refractivity contribution is -0.137. The SMILES string of the molecule is CCCN(C1CCNCC1)S(=O)(=O)c1cccc(C(F)(F)F)c1. The van der Waals surface area contributed by atoms with E-state index in [9.17, 15) is 21.6 Å². The van der Waals surface area contributed by atoms with Crippen LogP contribution in [0.5, 0.6) is 0 Å². The van der Waals surface area contributed by atoms with E-state index in [0.717, 1.165) is 18.2 Å². The van der Waals surface area contributed by atoms with Gasteiger partial charge in [-0.05, 0) is 50.6 Å². The molecule has 0 aliphatic carbocycles. The van der Waals surface area contributed by atoms with Crippen LogP contribution >= 0.6 is 0 Å². The normalized spacial score (nSPS) is 17.6. The fourth-order valence-corrected chi connectivity index (χ4v) is 4.61. The summed E-state index contributed by atoms with van der Waals surface area (Å²) in [5.74, 6) is 0. The molecular formula is C15H21F3N2O2S. The predicted molar refractivity (Wildman–Crippen MR) is 81.5 cm³/mol. The molecule has 0 atom stereocenters. The van der Waals surface area contributed by atoms with Crippen molar-refractivity contribution >= 4 is 10.0 Å². The second kappa shape index (κ2) is 7.19. The van der Waals surface area contributed by atoms with Crippen LogP contribution in [0, 0.1) is 0 Å². The number of benzene rings is 1. The minimum Gasteiger partial charge on any atom is -0.317 e. The fraction of sp³-hybridized carbons (Fsp3) is 0.600. The van der Waals surface area contributed by atoms with Crippen LogP contribution in [0.1, 0.15) is 31.7 Å². The van der Waals surface area contributed by atoms with E-state index < -0.39 is 21.8 Å². The maximum Gasteiger partial charge on any atom is 0.416 e. The van der Waals surface area contributed by atoms with Gasteiger partial charge < -0.3 is 5.32 Å². The molecule has 1 fully saturated rings. The number of hydrogen-bond donors (Lipinski definition) is 1. The molecule has 1 aromatic carbocycles. The molecule has 0 saturated carbocycles. The molecule has 0 radical (unpaired) electrons. The molecule has 0 spiro atoms. The van der Waals surface area contributed by atoms with Gasteiger partial charge in [0, 0.05) is 12.6 Å². The third-order valence-electron chi connectivity index (χ3n) is 3.93. The molecule has 0 unspecified atom stereocenters. The van der Waals surface area contributed by atoms with Gasteiger partial charge in [0.25, 0.3) is 0 Å². The molecule has 130 valence electrons. The zero-order valence-electron chi connectivity index (χ0n) is 12.9. The Kier molecular flexibility index (Phi) is 5.70. The minimum absolute atomic E-state index is 0.171. The number of rotatable bonds is 5. The summed E-state index contributed by atoms with van der Waals surface area (Å²) >= 11 is 0. The van der Waals surface area contributed by atoms with Gasteiger partial charge in [0.2, 0.25) is 10.0 Å². The maximum atomic E-state index is 12.8. The molecular weight excluding hydrogens is 329 g/mol. The van der Waals surface area contributed by atoms with Gasteiger partial charge in [-0.1, -0.05) is 13.0 Å².